The molecule has 0 aromatic heterocycles. The van der Waals surface area contributed by atoms with E-state index in [1.54, 1.807) is 54.6 Å². The van der Waals surface area contributed by atoms with Crippen LogP contribution in [0.2, 0.25) is 0 Å². The number of hydrogen-bond acceptors (Lipinski definition) is 7. The molecule has 1 heterocycles. The molecule has 8 heteroatoms. The van der Waals surface area contributed by atoms with E-state index in [0.29, 0.717) is 33.2 Å². The van der Waals surface area contributed by atoms with Crippen LogP contribution in [-0.2, 0) is 9.53 Å². The predicted molar refractivity (Wildman–Crippen MR) is 118 cm³/mol. The van der Waals surface area contributed by atoms with Crippen molar-refractivity contribution in [2.45, 2.75) is 22.8 Å². The summed E-state index contributed by atoms with van der Waals surface area (Å²) in [6.45, 7) is 1.64. The maximum Gasteiger partial charge on any atom is 0.340 e. The second-order valence-corrected chi connectivity index (χ2v) is 7.89. The molecule has 0 spiro atoms. The minimum atomic E-state index is -1.03. The van der Waals surface area contributed by atoms with Gasteiger partial charge in [0.1, 0.15) is 6.07 Å². The lowest BCUT2D eigenvalue weighted by Gasteiger charge is -2.15. The molecule has 3 aromatic rings. The van der Waals surface area contributed by atoms with Crippen molar-refractivity contribution in [2.24, 2.45) is 0 Å². The summed E-state index contributed by atoms with van der Waals surface area (Å²) in [7, 11) is 0. The van der Waals surface area contributed by atoms with Crippen LogP contribution >= 0.6 is 11.8 Å². The minimum absolute atomic E-state index is 0.136. The Labute approximate surface area is 188 Å². The fourth-order valence-corrected chi connectivity index (χ4v) is 4.00. The Balaban J connectivity index is 1.44. The first kappa shape index (κ1) is 21.3. The average molecular weight is 446 g/mol. The van der Waals surface area contributed by atoms with Gasteiger partial charge in [-0.1, -0.05) is 36.0 Å². The van der Waals surface area contributed by atoms with E-state index in [-0.39, 0.29) is 6.79 Å². The average Bonchev–Trinajstić information content (AvgIpc) is 3.27. The zero-order valence-corrected chi connectivity index (χ0v) is 17.8. The number of fused-ring (bicyclic) bond motifs is 1. The van der Waals surface area contributed by atoms with Crippen LogP contribution < -0.4 is 14.8 Å². The summed E-state index contributed by atoms with van der Waals surface area (Å²) in [4.78, 5) is 26.7. The first-order chi connectivity index (χ1) is 15.5. The van der Waals surface area contributed by atoms with Crippen molar-refractivity contribution >= 4 is 29.3 Å². The molecule has 1 amide bonds. The Kier molecular flexibility index (Phi) is 6.29. The van der Waals surface area contributed by atoms with Gasteiger partial charge >= 0.3 is 5.97 Å². The molecule has 0 unspecified atom stereocenters. The van der Waals surface area contributed by atoms with E-state index in [9.17, 15) is 14.9 Å². The molecule has 0 saturated heterocycles. The first-order valence-corrected chi connectivity index (χ1v) is 10.5. The molecule has 1 atom stereocenters. The van der Waals surface area contributed by atoms with Gasteiger partial charge in [0, 0.05) is 21.5 Å². The summed E-state index contributed by atoms with van der Waals surface area (Å²) in [5.41, 5.74) is 1.33. The van der Waals surface area contributed by atoms with Crippen LogP contribution in [0, 0.1) is 11.3 Å². The van der Waals surface area contributed by atoms with Crippen molar-refractivity contribution in [1.82, 2.24) is 0 Å². The summed E-state index contributed by atoms with van der Waals surface area (Å²) >= 11 is 1.29. The van der Waals surface area contributed by atoms with Gasteiger partial charge in [0.25, 0.3) is 5.91 Å². The molecule has 1 N–H and O–H groups in total. The van der Waals surface area contributed by atoms with Gasteiger partial charge in [-0.25, -0.2) is 4.79 Å². The number of nitrogens with one attached hydrogen (secondary N) is 1. The van der Waals surface area contributed by atoms with Gasteiger partial charge in [0.2, 0.25) is 6.79 Å². The van der Waals surface area contributed by atoms with E-state index < -0.39 is 18.0 Å². The SMILES string of the molecule is C[C@@H](OC(=O)c1ccccc1Sc1ccccc1C#N)C(=O)Nc1ccc2c(c1)OCO2. The molecule has 1 aliphatic heterocycles. The Morgan fingerprint density at radius 3 is 2.56 bits per heavy atom. The van der Waals surface area contributed by atoms with Crippen LogP contribution in [0.3, 0.4) is 0 Å². The second-order valence-electron chi connectivity index (χ2n) is 6.81. The van der Waals surface area contributed by atoms with Crippen molar-refractivity contribution < 1.29 is 23.8 Å². The zero-order chi connectivity index (χ0) is 22.5. The number of benzene rings is 3. The van der Waals surface area contributed by atoms with Crippen LogP contribution in [0.5, 0.6) is 11.5 Å². The molecule has 1 aliphatic rings. The van der Waals surface area contributed by atoms with E-state index in [2.05, 4.69) is 11.4 Å². The number of rotatable bonds is 6. The van der Waals surface area contributed by atoms with Crippen molar-refractivity contribution in [3.05, 3.63) is 77.9 Å². The number of amides is 1. The van der Waals surface area contributed by atoms with Crippen molar-refractivity contribution in [3.8, 4) is 17.6 Å². The third kappa shape index (κ3) is 4.68. The Hall–Kier alpha value is -3.96. The lowest BCUT2D eigenvalue weighted by molar-refractivity contribution is -0.123. The zero-order valence-electron chi connectivity index (χ0n) is 17.0. The highest BCUT2D eigenvalue weighted by Crippen LogP contribution is 2.35. The molecule has 3 aromatic carbocycles. The van der Waals surface area contributed by atoms with Gasteiger partial charge in [0.15, 0.2) is 17.6 Å². The molecular weight excluding hydrogens is 428 g/mol. The van der Waals surface area contributed by atoms with Gasteiger partial charge in [0.05, 0.1) is 11.1 Å². The summed E-state index contributed by atoms with van der Waals surface area (Å²) in [6.07, 6.45) is -1.03. The summed E-state index contributed by atoms with van der Waals surface area (Å²) in [5, 5.41) is 12.0. The maximum absolute atomic E-state index is 12.8. The second kappa shape index (κ2) is 9.45. The maximum atomic E-state index is 12.8. The molecule has 4 rings (SSSR count). The van der Waals surface area contributed by atoms with Crippen LogP contribution in [0.1, 0.15) is 22.8 Å². The summed E-state index contributed by atoms with van der Waals surface area (Å²) in [6, 6.07) is 21.2. The fraction of sp³-hybridized carbons (Fsp3) is 0.125. The highest BCUT2D eigenvalue weighted by molar-refractivity contribution is 7.99. The van der Waals surface area contributed by atoms with Crippen LogP contribution in [-0.4, -0.2) is 24.8 Å². The molecule has 0 bridgehead atoms. The van der Waals surface area contributed by atoms with Crippen LogP contribution in [0.25, 0.3) is 0 Å². The van der Waals surface area contributed by atoms with Gasteiger partial charge < -0.3 is 19.5 Å². The van der Waals surface area contributed by atoms with E-state index in [0.717, 1.165) is 4.90 Å². The van der Waals surface area contributed by atoms with Crippen molar-refractivity contribution in [3.63, 3.8) is 0 Å². The van der Waals surface area contributed by atoms with E-state index >= 15 is 0 Å². The molecule has 7 nitrogen and oxygen atoms in total. The van der Waals surface area contributed by atoms with Crippen LogP contribution in [0.15, 0.2) is 76.5 Å². The van der Waals surface area contributed by atoms with Gasteiger partial charge in [-0.2, -0.15) is 5.26 Å². The van der Waals surface area contributed by atoms with E-state index in [1.165, 1.54) is 18.7 Å². The largest absolute Gasteiger partial charge is 0.454 e. The van der Waals surface area contributed by atoms with E-state index in [4.69, 9.17) is 14.2 Å². The summed E-state index contributed by atoms with van der Waals surface area (Å²) in [5.74, 6) is 0.0404. The molecule has 0 aliphatic carbocycles. The number of nitriles is 1. The number of nitrogens with zero attached hydrogens (tertiary/aromatic N) is 1. The number of anilines is 1. The number of hydrogen-bond donors (Lipinski definition) is 1. The standard InChI is InChI=1S/C24H18N2O5S/c1-15(23(27)26-17-10-11-19-20(12-17)30-14-29-19)31-24(28)18-7-3-5-9-22(18)32-21-8-4-2-6-16(21)13-25/h2-12,15H,14H2,1H3,(H,26,27)/t15-/m1/s1. The minimum Gasteiger partial charge on any atom is -0.454 e. The topological polar surface area (TPSA) is 97.7 Å². The Morgan fingerprint density at radius 1 is 1.03 bits per heavy atom. The first-order valence-electron chi connectivity index (χ1n) is 9.72. The van der Waals surface area contributed by atoms with Crippen LogP contribution in [0.4, 0.5) is 5.69 Å². The molecule has 160 valence electrons. The Bertz CT molecular complexity index is 1220. The third-order valence-corrected chi connectivity index (χ3v) is 5.78. The third-order valence-electron chi connectivity index (χ3n) is 4.63. The smallest absolute Gasteiger partial charge is 0.340 e. The van der Waals surface area contributed by atoms with Crippen molar-refractivity contribution in [1.29, 1.82) is 5.26 Å². The highest BCUT2D eigenvalue weighted by Gasteiger charge is 2.22. The lowest BCUT2D eigenvalue weighted by atomic mass is 10.2. The fourth-order valence-electron chi connectivity index (χ4n) is 2.99. The molecule has 0 saturated carbocycles. The summed E-state index contributed by atoms with van der Waals surface area (Å²) < 4.78 is 16.0. The molecular formula is C24H18N2O5S. The predicted octanol–water partition coefficient (Wildman–Crippen LogP) is 4.62. The Morgan fingerprint density at radius 2 is 1.75 bits per heavy atom. The van der Waals surface area contributed by atoms with Gasteiger partial charge in [-0.3, -0.25) is 4.79 Å². The molecule has 0 radical (unpaired) electrons. The number of ether oxygens (including phenoxy) is 3. The van der Waals surface area contributed by atoms with Gasteiger partial charge in [-0.15, -0.1) is 0 Å². The van der Waals surface area contributed by atoms with Crippen molar-refractivity contribution in [2.75, 3.05) is 12.1 Å². The molecule has 32 heavy (non-hydrogen) atoms. The number of carbonyl (C=O) groups is 2. The number of carbonyl (C=O) groups excluding carboxylic acids is 2. The highest BCUT2D eigenvalue weighted by atomic mass is 32.2. The number of esters is 1. The quantitative estimate of drug-likeness (QED) is 0.552. The lowest BCUT2D eigenvalue weighted by Crippen LogP contribution is -2.30. The normalized spacial score (nSPS) is 12.5. The van der Waals surface area contributed by atoms with E-state index in [1.807, 2.05) is 12.1 Å². The van der Waals surface area contributed by atoms with Gasteiger partial charge in [-0.05, 0) is 43.3 Å². The molecule has 0 fully saturated rings. The monoisotopic (exact) mass is 446 g/mol.